The average Bonchev–Trinajstić information content (AvgIpc) is 2.56. The van der Waals surface area contributed by atoms with Crippen molar-refractivity contribution in [2.45, 2.75) is 13.8 Å². The smallest absolute Gasteiger partial charge is 0.262 e. The average molecular weight is 391 g/mol. The number of para-hydroxylation sites is 1. The maximum absolute atomic E-state index is 12.1. The normalized spacial score (nSPS) is 10.1. The molecule has 2 amide bonds. The first-order chi connectivity index (χ1) is 11.5. The topological polar surface area (TPSA) is 67.4 Å². The van der Waals surface area contributed by atoms with Gasteiger partial charge in [0.25, 0.3) is 11.8 Å². The van der Waals surface area contributed by atoms with E-state index in [1.165, 1.54) is 0 Å². The Hall–Kier alpha value is -2.34. The van der Waals surface area contributed by atoms with Gasteiger partial charge in [-0.3, -0.25) is 9.59 Å². The summed E-state index contributed by atoms with van der Waals surface area (Å²) < 4.78 is 6.47. The number of carbonyl (C=O) groups excluding carboxylic acids is 2. The van der Waals surface area contributed by atoms with E-state index in [0.717, 1.165) is 10.0 Å². The number of rotatable bonds is 6. The Balaban J connectivity index is 1.99. The molecule has 0 aliphatic carbocycles. The highest BCUT2D eigenvalue weighted by Gasteiger charge is 2.12. The number of amides is 2. The van der Waals surface area contributed by atoms with Gasteiger partial charge in [-0.25, -0.2) is 0 Å². The van der Waals surface area contributed by atoms with E-state index in [9.17, 15) is 9.59 Å². The van der Waals surface area contributed by atoms with Crippen molar-refractivity contribution in [1.29, 1.82) is 0 Å². The van der Waals surface area contributed by atoms with Crippen LogP contribution in [0, 0.1) is 6.92 Å². The molecule has 2 N–H and O–H groups in total. The largest absolute Gasteiger partial charge is 0.484 e. The van der Waals surface area contributed by atoms with E-state index in [0.29, 0.717) is 23.5 Å². The van der Waals surface area contributed by atoms with Crippen LogP contribution >= 0.6 is 15.9 Å². The summed E-state index contributed by atoms with van der Waals surface area (Å²) in [6.07, 6.45) is 0. The van der Waals surface area contributed by atoms with Gasteiger partial charge in [0.15, 0.2) is 6.61 Å². The molecule has 0 aliphatic rings. The lowest BCUT2D eigenvalue weighted by atomic mass is 10.1. The zero-order valence-corrected chi connectivity index (χ0v) is 15.1. The minimum atomic E-state index is -0.327. The highest BCUT2D eigenvalue weighted by molar-refractivity contribution is 9.10. The number of anilines is 1. The van der Waals surface area contributed by atoms with Crippen molar-refractivity contribution in [1.82, 2.24) is 5.32 Å². The number of hydrogen-bond donors (Lipinski definition) is 2. The van der Waals surface area contributed by atoms with Crippen molar-refractivity contribution in [2.75, 3.05) is 18.5 Å². The van der Waals surface area contributed by atoms with Gasteiger partial charge in [-0.05, 0) is 49.7 Å². The second-order valence-electron chi connectivity index (χ2n) is 5.15. The lowest BCUT2D eigenvalue weighted by Gasteiger charge is -2.12. The molecule has 0 saturated heterocycles. The fraction of sp³-hybridized carbons (Fsp3) is 0.222. The zero-order chi connectivity index (χ0) is 17.5. The van der Waals surface area contributed by atoms with E-state index >= 15 is 0 Å². The molecule has 6 heteroatoms. The first kappa shape index (κ1) is 18.0. The van der Waals surface area contributed by atoms with E-state index in [1.807, 2.05) is 26.0 Å². The Morgan fingerprint density at radius 2 is 1.92 bits per heavy atom. The van der Waals surface area contributed by atoms with Crippen LogP contribution in [-0.4, -0.2) is 25.0 Å². The van der Waals surface area contributed by atoms with Gasteiger partial charge in [-0.15, -0.1) is 0 Å². The van der Waals surface area contributed by atoms with E-state index in [2.05, 4.69) is 26.6 Å². The number of carbonyl (C=O) groups is 2. The Morgan fingerprint density at radius 3 is 2.62 bits per heavy atom. The molecule has 2 aromatic rings. The molecule has 0 spiro atoms. The van der Waals surface area contributed by atoms with Crippen molar-refractivity contribution in [3.8, 4) is 5.75 Å². The summed E-state index contributed by atoms with van der Waals surface area (Å²) >= 11 is 3.42. The lowest BCUT2D eigenvalue weighted by molar-refractivity contribution is -0.118. The van der Waals surface area contributed by atoms with Gasteiger partial charge in [0.2, 0.25) is 0 Å². The summed E-state index contributed by atoms with van der Waals surface area (Å²) in [5.41, 5.74) is 1.91. The first-order valence-electron chi connectivity index (χ1n) is 7.57. The molecule has 2 aromatic carbocycles. The molecule has 5 nitrogen and oxygen atoms in total. The third kappa shape index (κ3) is 4.83. The molecule has 0 radical (unpaired) electrons. The van der Waals surface area contributed by atoms with Crippen molar-refractivity contribution >= 4 is 33.4 Å². The van der Waals surface area contributed by atoms with Crippen molar-refractivity contribution < 1.29 is 14.3 Å². The first-order valence-corrected chi connectivity index (χ1v) is 8.36. The Bertz CT molecular complexity index is 747. The molecule has 0 aromatic heterocycles. The minimum Gasteiger partial charge on any atom is -0.484 e. The number of aryl methyl sites for hydroxylation is 1. The Labute approximate surface area is 149 Å². The fourth-order valence-corrected chi connectivity index (χ4v) is 2.33. The molecule has 24 heavy (non-hydrogen) atoms. The SMILES string of the molecule is CCNC(=O)c1ccccc1NC(=O)COc1ccc(Br)c(C)c1. The molecule has 0 fully saturated rings. The van der Waals surface area contributed by atoms with Gasteiger partial charge in [-0.1, -0.05) is 28.1 Å². The maximum atomic E-state index is 12.1. The number of ether oxygens (including phenoxy) is 1. The zero-order valence-electron chi connectivity index (χ0n) is 13.6. The maximum Gasteiger partial charge on any atom is 0.262 e. The summed E-state index contributed by atoms with van der Waals surface area (Å²) in [7, 11) is 0. The van der Waals surface area contributed by atoms with Crippen LogP contribution in [0.3, 0.4) is 0 Å². The third-order valence-corrected chi connectivity index (χ3v) is 4.17. The fourth-order valence-electron chi connectivity index (χ4n) is 2.09. The standard InChI is InChI=1S/C18H19BrN2O3/c1-3-20-18(23)14-6-4-5-7-16(14)21-17(22)11-24-13-8-9-15(19)12(2)10-13/h4-10H,3,11H2,1-2H3,(H,20,23)(H,21,22). The van der Waals surface area contributed by atoms with Gasteiger partial charge in [0, 0.05) is 11.0 Å². The summed E-state index contributed by atoms with van der Waals surface area (Å²) in [5, 5.41) is 5.43. The van der Waals surface area contributed by atoms with Crippen LogP contribution in [0.5, 0.6) is 5.75 Å². The molecule has 126 valence electrons. The van der Waals surface area contributed by atoms with Gasteiger partial charge in [0.05, 0.1) is 11.3 Å². The molecular formula is C18H19BrN2O3. The minimum absolute atomic E-state index is 0.134. The van der Waals surface area contributed by atoms with E-state index in [1.54, 1.807) is 30.3 Å². The summed E-state index contributed by atoms with van der Waals surface area (Å²) in [6, 6.07) is 12.4. The Morgan fingerprint density at radius 1 is 1.17 bits per heavy atom. The number of halogens is 1. The molecule has 0 heterocycles. The molecule has 0 atom stereocenters. The van der Waals surface area contributed by atoms with Crippen molar-refractivity contribution in [3.63, 3.8) is 0 Å². The van der Waals surface area contributed by atoms with Gasteiger partial charge >= 0.3 is 0 Å². The Kier molecular flexibility index (Phi) is 6.37. The van der Waals surface area contributed by atoms with Crippen LogP contribution in [-0.2, 0) is 4.79 Å². The predicted molar refractivity (Wildman–Crippen MR) is 97.5 cm³/mol. The summed E-state index contributed by atoms with van der Waals surface area (Å²) in [5.74, 6) is 0.0630. The summed E-state index contributed by atoms with van der Waals surface area (Å²) in [6.45, 7) is 4.17. The van der Waals surface area contributed by atoms with Crippen LogP contribution in [0.1, 0.15) is 22.8 Å². The highest BCUT2D eigenvalue weighted by atomic mass is 79.9. The van der Waals surface area contributed by atoms with Crippen LogP contribution in [0.15, 0.2) is 46.9 Å². The quantitative estimate of drug-likeness (QED) is 0.792. The lowest BCUT2D eigenvalue weighted by Crippen LogP contribution is -2.26. The molecule has 0 unspecified atom stereocenters. The van der Waals surface area contributed by atoms with Crippen molar-refractivity contribution in [3.05, 3.63) is 58.1 Å². The second-order valence-corrected chi connectivity index (χ2v) is 6.01. The van der Waals surface area contributed by atoms with Gasteiger partial charge in [-0.2, -0.15) is 0 Å². The van der Waals surface area contributed by atoms with Crippen LogP contribution in [0.4, 0.5) is 5.69 Å². The number of hydrogen-bond acceptors (Lipinski definition) is 3. The number of nitrogens with one attached hydrogen (secondary N) is 2. The molecule has 0 saturated carbocycles. The monoisotopic (exact) mass is 390 g/mol. The molecular weight excluding hydrogens is 372 g/mol. The predicted octanol–water partition coefficient (Wildman–Crippen LogP) is 3.52. The van der Waals surface area contributed by atoms with Crippen LogP contribution in [0.25, 0.3) is 0 Å². The highest BCUT2D eigenvalue weighted by Crippen LogP contribution is 2.21. The van der Waals surface area contributed by atoms with Gasteiger partial charge < -0.3 is 15.4 Å². The molecule has 2 rings (SSSR count). The number of benzene rings is 2. The second kappa shape index (κ2) is 8.49. The third-order valence-electron chi connectivity index (χ3n) is 3.28. The van der Waals surface area contributed by atoms with E-state index in [4.69, 9.17) is 4.74 Å². The van der Waals surface area contributed by atoms with Gasteiger partial charge in [0.1, 0.15) is 5.75 Å². The van der Waals surface area contributed by atoms with Crippen molar-refractivity contribution in [2.24, 2.45) is 0 Å². The van der Waals surface area contributed by atoms with E-state index < -0.39 is 0 Å². The summed E-state index contributed by atoms with van der Waals surface area (Å²) in [4.78, 5) is 24.1. The molecule has 0 bridgehead atoms. The van der Waals surface area contributed by atoms with E-state index in [-0.39, 0.29) is 18.4 Å². The van der Waals surface area contributed by atoms with Crippen LogP contribution in [0.2, 0.25) is 0 Å². The van der Waals surface area contributed by atoms with Crippen LogP contribution < -0.4 is 15.4 Å². The molecule has 0 aliphatic heterocycles.